The van der Waals surface area contributed by atoms with E-state index in [0.29, 0.717) is 0 Å². The Labute approximate surface area is 138 Å². The fourth-order valence-electron chi connectivity index (χ4n) is 1.55. The van der Waals surface area contributed by atoms with Gasteiger partial charge in [0.2, 0.25) is 6.04 Å². The molecule has 0 aliphatic heterocycles. The van der Waals surface area contributed by atoms with Gasteiger partial charge in [0.25, 0.3) is 0 Å². The topological polar surface area (TPSA) is 142 Å². The molecule has 0 saturated carbocycles. The van der Waals surface area contributed by atoms with E-state index in [0.717, 1.165) is 32.9 Å². The fraction of sp³-hybridized carbons (Fsp3) is 0.643. The molecule has 0 saturated heterocycles. The monoisotopic (exact) mass is 347 g/mol. The van der Waals surface area contributed by atoms with Crippen molar-refractivity contribution in [3.63, 3.8) is 0 Å². The van der Waals surface area contributed by atoms with Crippen molar-refractivity contribution in [2.24, 2.45) is 0 Å². The van der Waals surface area contributed by atoms with Crippen molar-refractivity contribution in [1.82, 2.24) is 0 Å². The molecule has 0 aromatic rings. The second-order valence-electron chi connectivity index (χ2n) is 4.93. The van der Waals surface area contributed by atoms with E-state index in [1.807, 2.05) is 0 Å². The molecule has 24 heavy (non-hydrogen) atoms. The third kappa shape index (κ3) is 8.83. The van der Waals surface area contributed by atoms with E-state index in [4.69, 9.17) is 14.2 Å². The number of aliphatic hydroxyl groups is 1. The van der Waals surface area contributed by atoms with Gasteiger partial charge in [0.1, 0.15) is 12.7 Å². The summed E-state index contributed by atoms with van der Waals surface area (Å²) < 4.78 is 14.7. The molecule has 0 amide bonds. The fourth-order valence-corrected chi connectivity index (χ4v) is 1.55. The highest BCUT2D eigenvalue weighted by Gasteiger charge is 2.28. The van der Waals surface area contributed by atoms with Gasteiger partial charge in [-0.2, -0.15) is 0 Å². The normalized spacial score (nSPS) is 15.9. The van der Waals surface area contributed by atoms with Crippen molar-refractivity contribution < 1.29 is 38.6 Å². The number of nitrogens with zero attached hydrogens (tertiary/aromatic N) is 1. The summed E-state index contributed by atoms with van der Waals surface area (Å²) >= 11 is 0. The first-order chi connectivity index (χ1) is 11.0. The zero-order chi connectivity index (χ0) is 18.9. The van der Waals surface area contributed by atoms with Crippen LogP contribution in [0.15, 0.2) is 12.2 Å². The molecule has 0 spiro atoms. The highest BCUT2D eigenvalue weighted by Crippen LogP contribution is 2.11. The van der Waals surface area contributed by atoms with Crippen LogP contribution in [0.1, 0.15) is 27.7 Å². The van der Waals surface area contributed by atoms with Crippen molar-refractivity contribution in [3.05, 3.63) is 22.3 Å². The molecular weight excluding hydrogens is 326 g/mol. The lowest BCUT2D eigenvalue weighted by molar-refractivity contribution is -0.527. The summed E-state index contributed by atoms with van der Waals surface area (Å²) in [6.45, 7) is 4.16. The summed E-state index contributed by atoms with van der Waals surface area (Å²) in [6.07, 6.45) is -1.62. The van der Waals surface area contributed by atoms with Gasteiger partial charge in [0.05, 0.1) is 0 Å². The quantitative estimate of drug-likeness (QED) is 0.200. The van der Waals surface area contributed by atoms with Crippen molar-refractivity contribution >= 4 is 17.9 Å². The van der Waals surface area contributed by atoms with Gasteiger partial charge in [-0.25, -0.2) is 0 Å². The minimum absolute atomic E-state index is 0.391. The Morgan fingerprint density at radius 2 is 1.62 bits per heavy atom. The van der Waals surface area contributed by atoms with E-state index in [1.165, 1.54) is 6.92 Å². The summed E-state index contributed by atoms with van der Waals surface area (Å²) in [5.74, 6) is -2.07. The summed E-state index contributed by atoms with van der Waals surface area (Å²) in [5, 5.41) is 20.3. The number of nitro groups is 1. The van der Waals surface area contributed by atoms with Crippen LogP contribution < -0.4 is 0 Å². The first kappa shape index (κ1) is 21.5. The SMILES string of the molecule is CC(=O)OC[C@H](OC(C)=O)[C@H](/C=C/C(O)C(C)[N+](=O)[O-])OC(C)=O. The van der Waals surface area contributed by atoms with Crippen molar-refractivity contribution in [2.75, 3.05) is 6.61 Å². The third-order valence-electron chi connectivity index (χ3n) is 2.76. The van der Waals surface area contributed by atoms with E-state index in [1.54, 1.807) is 0 Å². The van der Waals surface area contributed by atoms with Crippen LogP contribution in [0.25, 0.3) is 0 Å². The van der Waals surface area contributed by atoms with Gasteiger partial charge in [0, 0.05) is 32.6 Å². The molecule has 2 unspecified atom stereocenters. The van der Waals surface area contributed by atoms with E-state index in [-0.39, 0.29) is 0 Å². The molecule has 0 bridgehead atoms. The van der Waals surface area contributed by atoms with Crippen molar-refractivity contribution in [3.8, 4) is 0 Å². The summed E-state index contributed by atoms with van der Waals surface area (Å²) in [7, 11) is 0. The van der Waals surface area contributed by atoms with Gasteiger partial charge in [-0.3, -0.25) is 24.5 Å². The zero-order valence-corrected chi connectivity index (χ0v) is 13.8. The number of carbonyl (C=O) groups is 3. The average Bonchev–Trinajstić information content (AvgIpc) is 2.45. The molecule has 0 aliphatic carbocycles. The van der Waals surface area contributed by atoms with Crippen LogP contribution in [0.3, 0.4) is 0 Å². The van der Waals surface area contributed by atoms with Crippen molar-refractivity contribution in [1.29, 1.82) is 0 Å². The molecule has 0 radical (unpaired) electrons. The van der Waals surface area contributed by atoms with Crippen LogP contribution in [0, 0.1) is 10.1 Å². The molecule has 10 heteroatoms. The lowest BCUT2D eigenvalue weighted by atomic mass is 10.1. The standard InChI is InChI=1S/C14H21NO9/c1-8(15(20)21)12(19)5-6-13(23-10(3)17)14(24-11(4)18)7-22-9(2)16/h5-6,8,12-14,19H,7H2,1-4H3/b6-5+/t8?,12?,13-,14-/m0/s1. The number of hydrogen-bond donors (Lipinski definition) is 1. The Morgan fingerprint density at radius 1 is 1.08 bits per heavy atom. The lowest BCUT2D eigenvalue weighted by Gasteiger charge is -2.24. The first-order valence-corrected chi connectivity index (χ1v) is 7.02. The van der Waals surface area contributed by atoms with Crippen LogP contribution in [0.2, 0.25) is 0 Å². The molecule has 1 N–H and O–H groups in total. The maximum atomic E-state index is 11.2. The minimum atomic E-state index is -1.45. The molecule has 0 aliphatic rings. The molecule has 136 valence electrons. The summed E-state index contributed by atoms with van der Waals surface area (Å²) in [4.78, 5) is 43.2. The van der Waals surface area contributed by atoms with Gasteiger partial charge in [-0.1, -0.05) is 0 Å². The molecule has 0 aromatic heterocycles. The molecule has 0 rings (SSSR count). The van der Waals surface area contributed by atoms with E-state index >= 15 is 0 Å². The van der Waals surface area contributed by atoms with Crippen LogP contribution in [-0.2, 0) is 28.6 Å². The molecule has 0 heterocycles. The highest BCUT2D eigenvalue weighted by atomic mass is 16.6. The largest absolute Gasteiger partial charge is 0.462 e. The molecule has 10 nitrogen and oxygen atoms in total. The average molecular weight is 347 g/mol. The Bertz CT molecular complexity index is 502. The maximum Gasteiger partial charge on any atom is 0.303 e. The third-order valence-corrected chi connectivity index (χ3v) is 2.76. The Kier molecular flexibility index (Phi) is 9.25. The Hall–Kier alpha value is -2.49. The second kappa shape index (κ2) is 10.3. The number of esters is 3. The number of ether oxygens (including phenoxy) is 3. The van der Waals surface area contributed by atoms with E-state index < -0.39 is 53.8 Å². The number of hydrogen-bond acceptors (Lipinski definition) is 9. The predicted octanol–water partition coefficient (Wildman–Crippen LogP) is -0.00480. The summed E-state index contributed by atoms with van der Waals surface area (Å²) in [6, 6.07) is -1.29. The number of rotatable bonds is 9. The minimum Gasteiger partial charge on any atom is -0.462 e. The Morgan fingerprint density at radius 3 is 2.04 bits per heavy atom. The van der Waals surface area contributed by atoms with Gasteiger partial charge < -0.3 is 19.3 Å². The molecule has 0 aromatic carbocycles. The van der Waals surface area contributed by atoms with E-state index in [2.05, 4.69) is 0 Å². The van der Waals surface area contributed by atoms with Gasteiger partial charge in [-0.05, 0) is 12.2 Å². The van der Waals surface area contributed by atoms with E-state index in [9.17, 15) is 29.6 Å². The van der Waals surface area contributed by atoms with Crippen LogP contribution >= 0.6 is 0 Å². The predicted molar refractivity (Wildman–Crippen MR) is 79.3 cm³/mol. The van der Waals surface area contributed by atoms with Gasteiger partial charge >= 0.3 is 17.9 Å². The lowest BCUT2D eigenvalue weighted by Crippen LogP contribution is -2.38. The number of aliphatic hydroxyl groups excluding tert-OH is 1. The zero-order valence-electron chi connectivity index (χ0n) is 13.8. The molecule has 4 atom stereocenters. The van der Waals surface area contributed by atoms with Crippen LogP contribution in [0.5, 0.6) is 0 Å². The first-order valence-electron chi connectivity index (χ1n) is 7.02. The highest BCUT2D eigenvalue weighted by molar-refractivity contribution is 5.68. The Balaban J connectivity index is 5.26. The van der Waals surface area contributed by atoms with Crippen molar-refractivity contribution in [2.45, 2.75) is 52.0 Å². The smallest absolute Gasteiger partial charge is 0.303 e. The molecular formula is C14H21NO9. The maximum absolute atomic E-state index is 11.2. The van der Waals surface area contributed by atoms with Crippen LogP contribution in [0.4, 0.5) is 0 Å². The second-order valence-corrected chi connectivity index (χ2v) is 4.93. The molecule has 0 fully saturated rings. The number of carbonyl (C=O) groups excluding carboxylic acids is 3. The van der Waals surface area contributed by atoms with Gasteiger partial charge in [0.15, 0.2) is 12.2 Å². The van der Waals surface area contributed by atoms with Gasteiger partial charge in [-0.15, -0.1) is 0 Å². The summed E-state index contributed by atoms with van der Waals surface area (Å²) in [5.41, 5.74) is 0. The van der Waals surface area contributed by atoms with Crippen LogP contribution in [-0.4, -0.2) is 58.9 Å².